The van der Waals surface area contributed by atoms with E-state index in [1.54, 1.807) is 0 Å². The molecule has 1 heterocycles. The van der Waals surface area contributed by atoms with Crippen LogP contribution in [0.3, 0.4) is 0 Å². The molecule has 1 saturated carbocycles. The molecule has 2 fully saturated rings. The van der Waals surface area contributed by atoms with Crippen LogP contribution >= 0.6 is 0 Å². The summed E-state index contributed by atoms with van der Waals surface area (Å²) in [5.74, 6) is 0.949. The highest BCUT2D eigenvalue weighted by Gasteiger charge is 2.35. The maximum absolute atomic E-state index is 11.7. The van der Waals surface area contributed by atoms with Crippen molar-refractivity contribution in [3.8, 4) is 0 Å². The lowest BCUT2D eigenvalue weighted by molar-refractivity contribution is -0.124. The van der Waals surface area contributed by atoms with Crippen molar-refractivity contribution in [3.63, 3.8) is 0 Å². The van der Waals surface area contributed by atoms with Crippen LogP contribution in [0.1, 0.15) is 59.8 Å². The molecule has 1 saturated heterocycles. The number of likely N-dealkylation sites (tertiary alicyclic amines) is 1. The van der Waals surface area contributed by atoms with Gasteiger partial charge in [-0.2, -0.15) is 0 Å². The minimum atomic E-state index is 0.102. The first-order valence-electron chi connectivity index (χ1n) is 8.39. The third-order valence-electron chi connectivity index (χ3n) is 5.10. The molecule has 1 N–H and O–H groups in total. The number of carbonyl (C=O) groups excluding carboxylic acids is 1. The van der Waals surface area contributed by atoms with Crippen LogP contribution in [0.25, 0.3) is 0 Å². The molecule has 0 spiro atoms. The third-order valence-corrected chi connectivity index (χ3v) is 5.10. The van der Waals surface area contributed by atoms with E-state index in [0.717, 1.165) is 12.6 Å². The Bertz CT molecular complexity index is 338. The van der Waals surface area contributed by atoms with Crippen LogP contribution < -0.4 is 5.32 Å². The van der Waals surface area contributed by atoms with Crippen molar-refractivity contribution in [2.45, 2.75) is 65.8 Å². The van der Waals surface area contributed by atoms with Crippen LogP contribution in [-0.2, 0) is 4.79 Å². The van der Waals surface area contributed by atoms with Crippen molar-refractivity contribution < 1.29 is 4.79 Å². The predicted molar refractivity (Wildman–Crippen MR) is 83.6 cm³/mol. The summed E-state index contributed by atoms with van der Waals surface area (Å²) in [4.78, 5) is 14.4. The zero-order chi connectivity index (χ0) is 14.8. The lowest BCUT2D eigenvalue weighted by Gasteiger charge is -2.37. The largest absolute Gasteiger partial charge is 0.356 e. The van der Waals surface area contributed by atoms with Gasteiger partial charge in [0.05, 0.1) is 0 Å². The molecule has 20 heavy (non-hydrogen) atoms. The average Bonchev–Trinajstić information content (AvgIpc) is 2.76. The summed E-state index contributed by atoms with van der Waals surface area (Å²) >= 11 is 0. The van der Waals surface area contributed by atoms with Crippen molar-refractivity contribution in [1.29, 1.82) is 0 Å². The Hall–Kier alpha value is -0.570. The molecule has 1 aliphatic carbocycles. The van der Waals surface area contributed by atoms with E-state index in [0.29, 0.717) is 11.3 Å². The number of hydrogen-bond acceptors (Lipinski definition) is 2. The summed E-state index contributed by atoms with van der Waals surface area (Å²) in [7, 11) is 0. The van der Waals surface area contributed by atoms with Gasteiger partial charge in [0.15, 0.2) is 0 Å². The molecule has 2 aliphatic rings. The lowest BCUT2D eigenvalue weighted by atomic mass is 9.91. The number of rotatable bonds is 4. The minimum Gasteiger partial charge on any atom is -0.356 e. The molecule has 1 aliphatic heterocycles. The van der Waals surface area contributed by atoms with E-state index in [9.17, 15) is 4.79 Å². The average molecular weight is 280 g/mol. The molecule has 0 unspecified atom stereocenters. The Kier molecular flexibility index (Phi) is 5.11. The van der Waals surface area contributed by atoms with E-state index in [2.05, 4.69) is 24.1 Å². The van der Waals surface area contributed by atoms with Crippen LogP contribution in [0.15, 0.2) is 0 Å². The number of amides is 1. The second-order valence-corrected chi connectivity index (χ2v) is 7.96. The first kappa shape index (κ1) is 15.8. The Morgan fingerprint density at radius 1 is 1.35 bits per heavy atom. The summed E-state index contributed by atoms with van der Waals surface area (Å²) in [6.45, 7) is 12.0. The molecule has 3 heteroatoms. The molecule has 3 nitrogen and oxygen atoms in total. The quantitative estimate of drug-likeness (QED) is 0.858. The predicted octanol–water partition coefficient (Wildman–Crippen LogP) is 3.05. The van der Waals surface area contributed by atoms with E-state index in [1.807, 2.05) is 13.8 Å². The Balaban J connectivity index is 1.79. The Morgan fingerprint density at radius 3 is 2.70 bits per heavy atom. The van der Waals surface area contributed by atoms with Crippen LogP contribution in [-0.4, -0.2) is 36.5 Å². The van der Waals surface area contributed by atoms with Gasteiger partial charge in [0, 0.05) is 25.0 Å². The van der Waals surface area contributed by atoms with Crippen LogP contribution in [0, 0.1) is 17.3 Å². The molecule has 0 aromatic rings. The third kappa shape index (κ3) is 4.21. The molecule has 0 radical (unpaired) electrons. The molecule has 0 bridgehead atoms. The monoisotopic (exact) mass is 280 g/mol. The van der Waals surface area contributed by atoms with Crippen molar-refractivity contribution >= 4 is 5.91 Å². The lowest BCUT2D eigenvalue weighted by Crippen LogP contribution is -2.45. The number of nitrogens with one attached hydrogen (secondary N) is 1. The van der Waals surface area contributed by atoms with Crippen molar-refractivity contribution in [2.75, 3.05) is 19.6 Å². The molecule has 0 aromatic carbocycles. The Labute approximate surface area is 124 Å². The van der Waals surface area contributed by atoms with E-state index >= 15 is 0 Å². The summed E-state index contributed by atoms with van der Waals surface area (Å²) < 4.78 is 0. The summed E-state index contributed by atoms with van der Waals surface area (Å²) in [5.41, 5.74) is 0.531. The minimum absolute atomic E-state index is 0.102. The molecular formula is C17H32N2O. The van der Waals surface area contributed by atoms with Crippen molar-refractivity contribution in [1.82, 2.24) is 10.2 Å². The normalized spacial score (nSPS) is 30.6. The summed E-state index contributed by atoms with van der Waals surface area (Å²) in [6.07, 6.45) is 6.63. The van der Waals surface area contributed by atoms with Crippen LogP contribution in [0.4, 0.5) is 0 Å². The van der Waals surface area contributed by atoms with Gasteiger partial charge in [-0.1, -0.05) is 27.7 Å². The summed E-state index contributed by atoms with van der Waals surface area (Å²) in [6, 6.07) is 0.786. The second-order valence-electron chi connectivity index (χ2n) is 7.96. The molecule has 116 valence electrons. The maximum atomic E-state index is 11.7. The van der Waals surface area contributed by atoms with Gasteiger partial charge in [-0.05, 0) is 50.0 Å². The number of hydrogen-bond donors (Lipinski definition) is 1. The highest BCUT2D eigenvalue weighted by atomic mass is 16.1. The smallest absolute Gasteiger partial charge is 0.222 e. The molecular weight excluding hydrogens is 248 g/mol. The van der Waals surface area contributed by atoms with Gasteiger partial charge in [0.1, 0.15) is 0 Å². The molecule has 0 aromatic heterocycles. The highest BCUT2D eigenvalue weighted by molar-refractivity contribution is 5.77. The molecule has 2 rings (SSSR count). The number of piperidine rings is 1. The molecule has 2 atom stereocenters. The van der Waals surface area contributed by atoms with E-state index in [1.165, 1.54) is 45.2 Å². The summed E-state index contributed by atoms with van der Waals surface area (Å²) in [5, 5.41) is 3.11. The molecule has 1 amide bonds. The fourth-order valence-electron chi connectivity index (χ4n) is 3.76. The zero-order valence-electron chi connectivity index (χ0n) is 13.7. The first-order valence-corrected chi connectivity index (χ1v) is 8.39. The van der Waals surface area contributed by atoms with Gasteiger partial charge in [0.2, 0.25) is 5.91 Å². The van der Waals surface area contributed by atoms with E-state index in [4.69, 9.17) is 0 Å². The van der Waals surface area contributed by atoms with E-state index < -0.39 is 0 Å². The van der Waals surface area contributed by atoms with E-state index in [-0.39, 0.29) is 11.8 Å². The van der Waals surface area contributed by atoms with Crippen LogP contribution in [0.2, 0.25) is 0 Å². The van der Waals surface area contributed by atoms with Gasteiger partial charge in [-0.15, -0.1) is 0 Å². The van der Waals surface area contributed by atoms with Gasteiger partial charge >= 0.3 is 0 Å². The van der Waals surface area contributed by atoms with Crippen molar-refractivity contribution in [3.05, 3.63) is 0 Å². The van der Waals surface area contributed by atoms with Gasteiger partial charge in [0.25, 0.3) is 0 Å². The zero-order valence-corrected chi connectivity index (χ0v) is 13.7. The SMILES string of the molecule is CC(C)C(=O)NC[C@@H]1CCCN([C@H]2CCC(C)(C)C2)C1. The first-order chi connectivity index (χ1) is 9.37. The van der Waals surface area contributed by atoms with Crippen molar-refractivity contribution in [2.24, 2.45) is 17.3 Å². The maximum Gasteiger partial charge on any atom is 0.222 e. The van der Waals surface area contributed by atoms with Crippen LogP contribution in [0.5, 0.6) is 0 Å². The second kappa shape index (κ2) is 6.46. The number of nitrogens with zero attached hydrogens (tertiary/aromatic N) is 1. The van der Waals surface area contributed by atoms with Gasteiger partial charge < -0.3 is 10.2 Å². The van der Waals surface area contributed by atoms with Gasteiger partial charge in [-0.3, -0.25) is 4.79 Å². The fourth-order valence-corrected chi connectivity index (χ4v) is 3.76. The highest BCUT2D eigenvalue weighted by Crippen LogP contribution is 2.40. The topological polar surface area (TPSA) is 32.3 Å². The van der Waals surface area contributed by atoms with Gasteiger partial charge in [-0.25, -0.2) is 0 Å². The number of carbonyl (C=O) groups is 1. The standard InChI is InChI=1S/C17H32N2O/c1-13(2)16(20)18-11-14-6-5-9-19(12-14)15-7-8-17(3,4)10-15/h13-15H,5-12H2,1-4H3,(H,18,20)/t14-,15-/m0/s1. The Morgan fingerprint density at radius 2 is 2.10 bits per heavy atom. The fraction of sp³-hybridized carbons (Fsp3) is 0.941.